The Hall–Kier alpha value is -2.53. The highest BCUT2D eigenvalue weighted by Gasteiger charge is 2.39. The Morgan fingerprint density at radius 2 is 2.06 bits per heavy atom. The van der Waals surface area contributed by atoms with E-state index >= 15 is 0 Å². The second-order valence-corrected chi connectivity index (χ2v) is 9.37. The number of hydrogen-bond donors (Lipinski definition) is 2. The van der Waals surface area contributed by atoms with Gasteiger partial charge in [0.1, 0.15) is 0 Å². The molecule has 1 saturated carbocycles. The van der Waals surface area contributed by atoms with E-state index in [1.807, 2.05) is 57.3 Å². The molecule has 1 aromatic carbocycles. The van der Waals surface area contributed by atoms with Gasteiger partial charge in [-0.3, -0.25) is 9.89 Å². The number of H-pyrrole nitrogens is 1. The molecule has 1 atom stereocenters. The van der Waals surface area contributed by atoms with Gasteiger partial charge in [0.25, 0.3) is 5.91 Å². The van der Waals surface area contributed by atoms with Crippen molar-refractivity contribution >= 4 is 17.5 Å². The Morgan fingerprint density at radius 1 is 1.26 bits per heavy atom. The number of aryl methyl sites for hydroxylation is 1. The maximum Gasteiger partial charge on any atom is 0.254 e. The van der Waals surface area contributed by atoms with Gasteiger partial charge >= 0.3 is 0 Å². The molecule has 4 rings (SSSR count). The fourth-order valence-electron chi connectivity index (χ4n) is 4.33. The minimum atomic E-state index is 0.156. The largest absolute Gasteiger partial charge is 0.384 e. The normalized spacial score (nSPS) is 18.3. The average molecular weight is 439 g/mol. The lowest BCUT2D eigenvalue weighted by Crippen LogP contribution is -2.45. The van der Waals surface area contributed by atoms with Gasteiger partial charge in [-0.2, -0.15) is 5.10 Å². The minimum Gasteiger partial charge on any atom is -0.384 e. The molecule has 6 heteroatoms. The first-order valence-corrected chi connectivity index (χ1v) is 11.5. The Balaban J connectivity index is 1.49. The smallest absolute Gasteiger partial charge is 0.254 e. The van der Waals surface area contributed by atoms with Gasteiger partial charge in [-0.1, -0.05) is 29.3 Å². The van der Waals surface area contributed by atoms with E-state index in [1.54, 1.807) is 0 Å². The van der Waals surface area contributed by atoms with Gasteiger partial charge < -0.3 is 10.2 Å². The molecule has 0 bridgehead atoms. The Kier molecular flexibility index (Phi) is 6.51. The molecule has 164 valence electrons. The van der Waals surface area contributed by atoms with Crippen LogP contribution >= 0.6 is 11.6 Å². The van der Waals surface area contributed by atoms with E-state index in [9.17, 15) is 4.79 Å². The summed E-state index contributed by atoms with van der Waals surface area (Å²) in [7, 11) is 0. The van der Waals surface area contributed by atoms with Crippen molar-refractivity contribution < 1.29 is 4.79 Å². The van der Waals surface area contributed by atoms with Crippen molar-refractivity contribution in [3.8, 4) is 0 Å². The molecule has 0 aliphatic heterocycles. The number of benzene rings is 1. The number of halogens is 1. The molecule has 31 heavy (non-hydrogen) atoms. The van der Waals surface area contributed by atoms with Gasteiger partial charge in [0.05, 0.1) is 6.20 Å². The summed E-state index contributed by atoms with van der Waals surface area (Å²) < 4.78 is 0. The lowest BCUT2D eigenvalue weighted by Gasteiger charge is -2.35. The molecule has 2 aliphatic carbocycles. The summed E-state index contributed by atoms with van der Waals surface area (Å²) in [6.45, 7) is 6.73. The predicted octanol–water partition coefficient (Wildman–Crippen LogP) is 4.94. The number of allylic oxidation sites excluding steroid dienone is 2. The summed E-state index contributed by atoms with van der Waals surface area (Å²) in [6, 6.07) is 8.43. The van der Waals surface area contributed by atoms with Crippen LogP contribution in [0, 0.1) is 0 Å². The van der Waals surface area contributed by atoms with Crippen LogP contribution in [-0.2, 0) is 24.2 Å². The van der Waals surface area contributed by atoms with Crippen LogP contribution < -0.4 is 5.32 Å². The number of rotatable bonds is 7. The number of carbonyl (C=O) groups excluding carboxylic acids is 1. The molecule has 1 aromatic heterocycles. The molecule has 0 spiro atoms. The summed E-state index contributed by atoms with van der Waals surface area (Å²) in [5.74, 6) is 0.156. The fraction of sp³-hybridized carbons (Fsp3) is 0.440. The van der Waals surface area contributed by atoms with Crippen LogP contribution in [0.1, 0.15) is 56.9 Å². The fourth-order valence-corrected chi connectivity index (χ4v) is 4.54. The zero-order valence-corrected chi connectivity index (χ0v) is 19.3. The number of aromatic amines is 1. The predicted molar refractivity (Wildman–Crippen MR) is 125 cm³/mol. The first kappa shape index (κ1) is 21.7. The number of nitrogens with one attached hydrogen (secondary N) is 2. The molecule has 5 nitrogen and oxygen atoms in total. The van der Waals surface area contributed by atoms with E-state index in [-0.39, 0.29) is 11.9 Å². The molecule has 1 heterocycles. The molecule has 0 saturated heterocycles. The minimum absolute atomic E-state index is 0.156. The van der Waals surface area contributed by atoms with E-state index in [0.29, 0.717) is 12.6 Å². The Morgan fingerprint density at radius 3 is 2.77 bits per heavy atom. The van der Waals surface area contributed by atoms with Crippen LogP contribution in [0.15, 0.2) is 53.4 Å². The van der Waals surface area contributed by atoms with Gasteiger partial charge in [-0.05, 0) is 82.2 Å². The van der Waals surface area contributed by atoms with Gasteiger partial charge in [-0.15, -0.1) is 0 Å². The third-order valence-corrected chi connectivity index (χ3v) is 6.38. The zero-order chi connectivity index (χ0) is 22.0. The van der Waals surface area contributed by atoms with Crippen molar-refractivity contribution in [3.05, 3.63) is 75.2 Å². The lowest BCUT2D eigenvalue weighted by atomic mass is 9.91. The summed E-state index contributed by atoms with van der Waals surface area (Å²) in [5.41, 5.74) is 6.40. The second-order valence-electron chi connectivity index (χ2n) is 8.94. The molecule has 2 N–H and O–H groups in total. The number of hydrogen-bond acceptors (Lipinski definition) is 3. The molecule has 1 amide bonds. The van der Waals surface area contributed by atoms with Gasteiger partial charge in [-0.25, -0.2) is 0 Å². The van der Waals surface area contributed by atoms with Crippen LogP contribution in [0.25, 0.3) is 0 Å². The van der Waals surface area contributed by atoms with Crippen LogP contribution in [0.3, 0.4) is 0 Å². The maximum atomic E-state index is 13.7. The zero-order valence-electron chi connectivity index (χ0n) is 18.5. The molecule has 2 aromatic rings. The summed E-state index contributed by atoms with van der Waals surface area (Å²) in [4.78, 5) is 15.9. The quantitative estimate of drug-likeness (QED) is 0.475. The van der Waals surface area contributed by atoms with Gasteiger partial charge in [0.15, 0.2) is 0 Å². The molecule has 1 unspecified atom stereocenters. The van der Waals surface area contributed by atoms with Crippen LogP contribution in [0.4, 0.5) is 0 Å². The van der Waals surface area contributed by atoms with Crippen LogP contribution in [-0.4, -0.2) is 33.1 Å². The molecular formula is C25H31ClN4O. The van der Waals surface area contributed by atoms with Crippen molar-refractivity contribution in [2.75, 3.05) is 0 Å². The van der Waals surface area contributed by atoms with Crippen molar-refractivity contribution in [2.24, 2.45) is 0 Å². The van der Waals surface area contributed by atoms with Crippen molar-refractivity contribution in [3.63, 3.8) is 0 Å². The number of amides is 1. The number of fused-ring (bicyclic) bond motifs is 1. The maximum absolute atomic E-state index is 13.7. The molecular weight excluding hydrogens is 408 g/mol. The monoisotopic (exact) mass is 438 g/mol. The summed E-state index contributed by atoms with van der Waals surface area (Å²) >= 11 is 6.09. The van der Waals surface area contributed by atoms with E-state index in [1.165, 1.54) is 11.3 Å². The SMILES string of the molecule is CC(C)=C(/C=C(/C)NCc1cccc(Cl)c1)C(=O)N(C1CC1)C1CCc2[nH]ncc2C1. The Bertz CT molecular complexity index is 1010. The van der Waals surface area contributed by atoms with Crippen LogP contribution in [0.2, 0.25) is 5.02 Å². The highest BCUT2D eigenvalue weighted by atomic mass is 35.5. The number of carbonyl (C=O) groups is 1. The number of nitrogens with zero attached hydrogens (tertiary/aromatic N) is 2. The Labute approximate surface area is 189 Å². The van der Waals surface area contributed by atoms with E-state index < -0.39 is 0 Å². The van der Waals surface area contributed by atoms with Crippen molar-refractivity contribution in [1.82, 2.24) is 20.4 Å². The highest BCUT2D eigenvalue weighted by Crippen LogP contribution is 2.35. The van der Waals surface area contributed by atoms with Gasteiger partial charge in [0, 0.05) is 40.6 Å². The third kappa shape index (κ3) is 5.21. The standard InChI is InChI=1S/C25H31ClN4O/c1-16(2)23(11-17(3)27-14-18-5-4-6-20(26)12-18)25(31)30(21-7-8-21)22-9-10-24-19(13-22)15-28-29-24/h4-6,11-12,15,21-22,27H,7-10,13-14H2,1-3H3,(H,28,29)/b17-11-. The highest BCUT2D eigenvalue weighted by molar-refractivity contribution is 6.30. The second kappa shape index (κ2) is 9.31. The van der Waals surface area contributed by atoms with Gasteiger partial charge in [0.2, 0.25) is 0 Å². The van der Waals surface area contributed by atoms with Crippen molar-refractivity contribution in [1.29, 1.82) is 0 Å². The summed E-state index contributed by atoms with van der Waals surface area (Å²) in [5, 5.41) is 11.4. The first-order chi connectivity index (χ1) is 14.9. The lowest BCUT2D eigenvalue weighted by molar-refractivity contribution is -0.130. The molecule has 2 aliphatic rings. The first-order valence-electron chi connectivity index (χ1n) is 11.1. The van der Waals surface area contributed by atoms with E-state index in [4.69, 9.17) is 11.6 Å². The third-order valence-electron chi connectivity index (χ3n) is 6.15. The van der Waals surface area contributed by atoms with E-state index in [0.717, 1.165) is 59.5 Å². The van der Waals surface area contributed by atoms with Crippen molar-refractivity contribution in [2.45, 2.75) is 71.5 Å². The topological polar surface area (TPSA) is 61.0 Å². The molecule has 1 fully saturated rings. The summed E-state index contributed by atoms with van der Waals surface area (Å²) in [6.07, 6.45) is 8.96. The van der Waals surface area contributed by atoms with Crippen LogP contribution in [0.5, 0.6) is 0 Å². The molecule has 0 radical (unpaired) electrons. The van der Waals surface area contributed by atoms with E-state index in [2.05, 4.69) is 20.4 Å². The number of aromatic nitrogens is 2. The average Bonchev–Trinajstić information content (AvgIpc) is 3.45.